The predicted molar refractivity (Wildman–Crippen MR) is 38.0 cm³/mol. The summed E-state index contributed by atoms with van der Waals surface area (Å²) in [6, 6.07) is 0. The van der Waals surface area contributed by atoms with Crippen molar-refractivity contribution in [3.63, 3.8) is 0 Å². The van der Waals surface area contributed by atoms with E-state index < -0.39 is 6.10 Å². The molecule has 52 valence electrons. The normalized spacial score (nSPS) is 12.7. The van der Waals surface area contributed by atoms with Crippen LogP contribution < -0.4 is 24.0 Å². The monoisotopic (exact) mass is 132 g/mol. The van der Waals surface area contributed by atoms with Gasteiger partial charge in [0.25, 0.3) is 0 Å². The van der Waals surface area contributed by atoms with Crippen molar-refractivity contribution in [2.24, 2.45) is 0 Å². The Balaban J connectivity index is 0. The molecule has 0 rings (SSSR count). The van der Waals surface area contributed by atoms with Gasteiger partial charge in [-0.15, -0.1) is 12.7 Å². The van der Waals surface area contributed by atoms with Crippen LogP contribution in [0.25, 0.3) is 0 Å². The SMILES string of the molecule is C=C(C)C([O-])C/C=C/C.[Li+]. The first-order valence-corrected chi connectivity index (χ1v) is 3.11. The van der Waals surface area contributed by atoms with Crippen molar-refractivity contribution in [1.29, 1.82) is 0 Å². The molecule has 0 saturated carbocycles. The van der Waals surface area contributed by atoms with Crippen LogP contribution in [0.15, 0.2) is 24.3 Å². The van der Waals surface area contributed by atoms with Crippen molar-refractivity contribution in [2.45, 2.75) is 26.4 Å². The van der Waals surface area contributed by atoms with Crippen molar-refractivity contribution < 1.29 is 24.0 Å². The summed E-state index contributed by atoms with van der Waals surface area (Å²) in [7, 11) is 0. The summed E-state index contributed by atoms with van der Waals surface area (Å²) in [5.41, 5.74) is 0.716. The average molecular weight is 132 g/mol. The van der Waals surface area contributed by atoms with E-state index in [0.29, 0.717) is 12.0 Å². The van der Waals surface area contributed by atoms with Gasteiger partial charge in [0.1, 0.15) is 0 Å². The van der Waals surface area contributed by atoms with Crippen LogP contribution in [0.5, 0.6) is 0 Å². The molecule has 0 aliphatic rings. The minimum Gasteiger partial charge on any atom is -0.849 e. The summed E-state index contributed by atoms with van der Waals surface area (Å²) in [5.74, 6) is 0. The van der Waals surface area contributed by atoms with E-state index in [4.69, 9.17) is 0 Å². The molecule has 0 aromatic heterocycles. The van der Waals surface area contributed by atoms with E-state index in [1.54, 1.807) is 6.92 Å². The van der Waals surface area contributed by atoms with Crippen LogP contribution in [0, 0.1) is 0 Å². The fourth-order valence-electron chi connectivity index (χ4n) is 0.461. The second-order valence-corrected chi connectivity index (χ2v) is 2.14. The fraction of sp³-hybridized carbons (Fsp3) is 0.500. The summed E-state index contributed by atoms with van der Waals surface area (Å²) >= 11 is 0. The van der Waals surface area contributed by atoms with Crippen LogP contribution in [-0.2, 0) is 0 Å². The minimum atomic E-state index is -0.610. The topological polar surface area (TPSA) is 23.1 Å². The van der Waals surface area contributed by atoms with E-state index in [1.807, 2.05) is 19.1 Å². The van der Waals surface area contributed by atoms with Crippen LogP contribution in [0.3, 0.4) is 0 Å². The molecule has 0 fully saturated rings. The van der Waals surface area contributed by atoms with Crippen molar-refractivity contribution in [1.82, 2.24) is 0 Å². The van der Waals surface area contributed by atoms with Gasteiger partial charge in [0.05, 0.1) is 0 Å². The Morgan fingerprint density at radius 2 is 2.20 bits per heavy atom. The Morgan fingerprint density at radius 3 is 2.50 bits per heavy atom. The maximum atomic E-state index is 10.8. The fourth-order valence-corrected chi connectivity index (χ4v) is 0.461. The molecule has 10 heavy (non-hydrogen) atoms. The Labute approximate surface area is 75.0 Å². The molecular weight excluding hydrogens is 119 g/mol. The molecule has 1 nitrogen and oxygen atoms in total. The van der Waals surface area contributed by atoms with Crippen molar-refractivity contribution in [3.05, 3.63) is 24.3 Å². The summed E-state index contributed by atoms with van der Waals surface area (Å²) in [6.45, 7) is 7.23. The minimum absolute atomic E-state index is 0. The Kier molecular flexibility index (Phi) is 9.07. The molecule has 0 saturated heterocycles. The summed E-state index contributed by atoms with van der Waals surface area (Å²) < 4.78 is 0. The van der Waals surface area contributed by atoms with E-state index in [9.17, 15) is 5.11 Å². The molecule has 2 heteroatoms. The van der Waals surface area contributed by atoms with Gasteiger partial charge in [-0.25, -0.2) is 0 Å². The third kappa shape index (κ3) is 6.16. The van der Waals surface area contributed by atoms with Crippen molar-refractivity contribution in [3.8, 4) is 0 Å². The molecule has 0 aliphatic heterocycles. The van der Waals surface area contributed by atoms with Gasteiger partial charge in [0, 0.05) is 0 Å². The van der Waals surface area contributed by atoms with Gasteiger partial charge in [-0.1, -0.05) is 17.7 Å². The molecule has 1 atom stereocenters. The second-order valence-electron chi connectivity index (χ2n) is 2.14. The summed E-state index contributed by atoms with van der Waals surface area (Å²) in [6.07, 6.45) is 3.72. The zero-order valence-electron chi connectivity index (χ0n) is 7.05. The predicted octanol–water partition coefficient (Wildman–Crippen LogP) is -1.74. The van der Waals surface area contributed by atoms with E-state index in [0.717, 1.165) is 0 Å². The van der Waals surface area contributed by atoms with Gasteiger partial charge in [0.15, 0.2) is 0 Å². The Bertz CT molecular complexity index is 118. The second kappa shape index (κ2) is 7.15. The largest absolute Gasteiger partial charge is 1.00 e. The van der Waals surface area contributed by atoms with Gasteiger partial charge in [-0.05, 0) is 20.3 Å². The molecular formula is C8H13LiO. The molecule has 0 aliphatic carbocycles. The van der Waals surface area contributed by atoms with Crippen LogP contribution in [0.4, 0.5) is 0 Å². The zero-order chi connectivity index (χ0) is 7.28. The standard InChI is InChI=1S/C8H13O.Li/c1-4-5-6-8(9)7(2)3;/h4-5,8H,2,6H2,1,3H3;/q-1;+1/b5-4+;. The third-order valence-corrected chi connectivity index (χ3v) is 1.14. The quantitative estimate of drug-likeness (QED) is 0.330. The molecule has 0 bridgehead atoms. The van der Waals surface area contributed by atoms with Crippen molar-refractivity contribution in [2.75, 3.05) is 0 Å². The molecule has 0 heterocycles. The molecule has 0 spiro atoms. The first-order chi connectivity index (χ1) is 4.18. The van der Waals surface area contributed by atoms with E-state index in [1.165, 1.54) is 0 Å². The van der Waals surface area contributed by atoms with E-state index in [-0.39, 0.29) is 18.9 Å². The zero-order valence-corrected chi connectivity index (χ0v) is 7.05. The molecule has 0 N–H and O–H groups in total. The summed E-state index contributed by atoms with van der Waals surface area (Å²) in [5, 5.41) is 10.8. The third-order valence-electron chi connectivity index (χ3n) is 1.14. The van der Waals surface area contributed by atoms with E-state index in [2.05, 4.69) is 6.58 Å². The molecule has 0 aromatic carbocycles. The van der Waals surface area contributed by atoms with Crippen LogP contribution >= 0.6 is 0 Å². The average Bonchev–Trinajstić information content (AvgIpc) is 1.82. The Hall–Kier alpha value is 0.0374. The van der Waals surface area contributed by atoms with Gasteiger partial charge in [-0.2, -0.15) is 0 Å². The number of rotatable bonds is 3. The smallest absolute Gasteiger partial charge is 0.849 e. The maximum absolute atomic E-state index is 10.8. The number of hydrogen-bond donors (Lipinski definition) is 0. The van der Waals surface area contributed by atoms with Crippen LogP contribution in [-0.4, -0.2) is 6.10 Å². The first kappa shape index (κ1) is 12.7. The molecule has 0 amide bonds. The van der Waals surface area contributed by atoms with Crippen LogP contribution in [0.1, 0.15) is 20.3 Å². The number of hydrogen-bond acceptors (Lipinski definition) is 1. The molecule has 0 radical (unpaired) electrons. The Morgan fingerprint density at radius 1 is 1.70 bits per heavy atom. The first-order valence-electron chi connectivity index (χ1n) is 3.11. The van der Waals surface area contributed by atoms with Gasteiger partial charge < -0.3 is 5.11 Å². The summed E-state index contributed by atoms with van der Waals surface area (Å²) in [4.78, 5) is 0. The van der Waals surface area contributed by atoms with Crippen molar-refractivity contribution >= 4 is 0 Å². The van der Waals surface area contributed by atoms with E-state index >= 15 is 0 Å². The molecule has 1 unspecified atom stereocenters. The molecule has 0 aromatic rings. The van der Waals surface area contributed by atoms with Crippen LogP contribution in [0.2, 0.25) is 0 Å². The van der Waals surface area contributed by atoms with Gasteiger partial charge in [-0.3, -0.25) is 0 Å². The van der Waals surface area contributed by atoms with Gasteiger partial charge >= 0.3 is 18.9 Å². The van der Waals surface area contributed by atoms with Gasteiger partial charge in [0.2, 0.25) is 0 Å². The maximum Gasteiger partial charge on any atom is 1.00 e. The number of allylic oxidation sites excluding steroid dienone is 1.